The Hall–Kier alpha value is -3.00. The van der Waals surface area contributed by atoms with Gasteiger partial charge >= 0.3 is 0 Å². The molecule has 0 saturated carbocycles. The zero-order valence-corrected chi connectivity index (χ0v) is 25.4. The molecule has 1 heterocycles. The van der Waals surface area contributed by atoms with Crippen LogP contribution in [0.2, 0.25) is 10.0 Å². The number of rotatable bonds is 9. The van der Waals surface area contributed by atoms with Crippen LogP contribution in [0.4, 0.5) is 0 Å². The summed E-state index contributed by atoms with van der Waals surface area (Å²) in [6, 6.07) is 21.9. The number of guanidine groups is 1. The summed E-state index contributed by atoms with van der Waals surface area (Å²) in [5.74, 6) is -0.507. The van der Waals surface area contributed by atoms with Crippen LogP contribution in [-0.4, -0.2) is 52.6 Å². The predicted octanol–water partition coefficient (Wildman–Crippen LogP) is 3.95. The summed E-state index contributed by atoms with van der Waals surface area (Å²) < 4.78 is 55.2. The van der Waals surface area contributed by atoms with Crippen LogP contribution in [0.1, 0.15) is 30.9 Å². The van der Waals surface area contributed by atoms with Gasteiger partial charge in [0.15, 0.2) is 0 Å². The summed E-state index contributed by atoms with van der Waals surface area (Å²) in [6.07, 6.45) is 0. The minimum absolute atomic E-state index is 0.0293. The summed E-state index contributed by atoms with van der Waals surface area (Å²) in [5.41, 5.74) is 2.47. The van der Waals surface area contributed by atoms with Crippen LogP contribution in [0.15, 0.2) is 93.9 Å². The Morgan fingerprint density at radius 3 is 2.12 bits per heavy atom. The highest BCUT2D eigenvalue weighted by atomic mass is 35.5. The third kappa shape index (κ3) is 8.28. The van der Waals surface area contributed by atoms with Crippen molar-refractivity contribution in [1.82, 2.24) is 14.5 Å². The Morgan fingerprint density at radius 1 is 0.976 bits per heavy atom. The molecule has 0 fully saturated rings. The van der Waals surface area contributed by atoms with Gasteiger partial charge in [-0.05, 0) is 53.4 Å². The van der Waals surface area contributed by atoms with Crippen LogP contribution in [0.5, 0.6) is 0 Å². The maximum absolute atomic E-state index is 13.4. The molecule has 0 aromatic heterocycles. The molecule has 0 spiro atoms. The molecular weight excluding hydrogens is 607 g/mol. The highest BCUT2D eigenvalue weighted by Crippen LogP contribution is 2.30. The first-order chi connectivity index (χ1) is 19.3. The maximum atomic E-state index is 13.4. The van der Waals surface area contributed by atoms with E-state index >= 15 is 0 Å². The molecule has 1 unspecified atom stereocenters. The van der Waals surface area contributed by atoms with Gasteiger partial charge in [0.2, 0.25) is 5.96 Å². The molecule has 0 radical (unpaired) electrons. The lowest BCUT2D eigenvalue weighted by atomic mass is 9.91. The topological polar surface area (TPSA) is 146 Å². The Kier molecular flexibility index (Phi) is 9.73. The number of hydrazone groups is 1. The summed E-state index contributed by atoms with van der Waals surface area (Å²) in [6.45, 7) is 3.76. The summed E-state index contributed by atoms with van der Waals surface area (Å²) in [5, 5.41) is 12.4. The molecule has 218 valence electrons. The molecule has 3 aromatic rings. The van der Waals surface area contributed by atoms with E-state index in [-0.39, 0.29) is 35.8 Å². The first-order valence-corrected chi connectivity index (χ1v) is 16.4. The Bertz CT molecular complexity index is 1630. The number of aliphatic imine (C=N–C) groups is 1. The summed E-state index contributed by atoms with van der Waals surface area (Å²) in [4.78, 5) is 4.50. The highest BCUT2D eigenvalue weighted by Gasteiger charge is 2.33. The number of benzene rings is 3. The maximum Gasteiger partial charge on any atom is 0.274 e. The number of nitrogens with one attached hydrogen (secondary N) is 2. The number of sulfonamides is 1. The molecule has 4 rings (SSSR count). The number of hydrogen-bond acceptors (Lipinski definition) is 6. The van der Waals surface area contributed by atoms with Crippen LogP contribution in [-0.2, 0) is 20.2 Å². The van der Waals surface area contributed by atoms with Gasteiger partial charge in [-0.1, -0.05) is 79.5 Å². The largest absolute Gasteiger partial charge is 0.274 e. The molecule has 0 bridgehead atoms. The molecule has 14 heteroatoms. The Balaban J connectivity index is 1.77. The van der Waals surface area contributed by atoms with Crippen LogP contribution < -0.4 is 14.6 Å². The zero-order valence-electron chi connectivity index (χ0n) is 22.3. The van der Waals surface area contributed by atoms with Gasteiger partial charge < -0.3 is 0 Å². The van der Waals surface area contributed by atoms with E-state index in [0.29, 0.717) is 15.8 Å². The predicted molar refractivity (Wildman–Crippen MR) is 163 cm³/mol. The summed E-state index contributed by atoms with van der Waals surface area (Å²) >= 11 is 12.1. The van der Waals surface area contributed by atoms with Crippen molar-refractivity contribution in [3.05, 3.63) is 100 Å². The molecule has 3 aromatic carbocycles. The van der Waals surface area contributed by atoms with Crippen molar-refractivity contribution >= 4 is 55.1 Å². The third-order valence-corrected chi connectivity index (χ3v) is 8.89. The quantitative estimate of drug-likeness (QED) is 0.240. The van der Waals surface area contributed by atoms with Gasteiger partial charge in [0.25, 0.3) is 20.2 Å². The number of hydrogen-bond donors (Lipinski definition) is 3. The van der Waals surface area contributed by atoms with E-state index in [9.17, 15) is 16.8 Å². The lowest BCUT2D eigenvalue weighted by molar-refractivity contribution is 0.438. The van der Waals surface area contributed by atoms with Crippen molar-refractivity contribution in [1.29, 1.82) is 0 Å². The second-order valence-corrected chi connectivity index (χ2v) is 13.7. The van der Waals surface area contributed by atoms with Crippen molar-refractivity contribution in [2.24, 2.45) is 21.2 Å². The van der Waals surface area contributed by atoms with Crippen LogP contribution >= 0.6 is 23.2 Å². The smallest absolute Gasteiger partial charge is 0.249 e. The van der Waals surface area contributed by atoms with Gasteiger partial charge in [0.05, 0.1) is 23.7 Å². The molecule has 0 aliphatic carbocycles. The molecule has 10 nitrogen and oxygen atoms in total. The Morgan fingerprint density at radius 2 is 1.56 bits per heavy atom. The van der Waals surface area contributed by atoms with Gasteiger partial charge in [-0.2, -0.15) is 18.2 Å². The molecule has 4 N–H and O–H groups in total. The lowest BCUT2D eigenvalue weighted by Crippen LogP contribution is -2.46. The normalized spacial score (nSPS) is 17.0. The SMILES string of the molecule is CC(C)C(CN=C(NS(=O)(=O)c1ccc(Cl)cc1)N1C[C@H](c2ccccc2)C(c2ccc(Cl)cc2)=N1)NS(N)(=O)=O. The van der Waals surface area contributed by atoms with E-state index < -0.39 is 26.3 Å². The second-order valence-electron chi connectivity index (χ2n) is 9.77. The first kappa shape index (κ1) is 30.9. The van der Waals surface area contributed by atoms with Gasteiger partial charge in [0, 0.05) is 22.0 Å². The Labute approximate surface area is 250 Å². The van der Waals surface area contributed by atoms with Gasteiger partial charge in [0.1, 0.15) is 0 Å². The van der Waals surface area contributed by atoms with Crippen LogP contribution in [0.3, 0.4) is 0 Å². The van der Waals surface area contributed by atoms with Crippen molar-refractivity contribution in [3.8, 4) is 0 Å². The molecule has 1 aliphatic rings. The van der Waals surface area contributed by atoms with Crippen molar-refractivity contribution in [3.63, 3.8) is 0 Å². The van der Waals surface area contributed by atoms with Crippen LogP contribution in [0, 0.1) is 5.92 Å². The molecular formula is C27H30Cl2N6O4S2. The minimum atomic E-state index is -4.12. The number of halogens is 2. The van der Waals surface area contributed by atoms with E-state index in [4.69, 9.17) is 33.4 Å². The molecule has 0 amide bonds. The van der Waals surface area contributed by atoms with Gasteiger partial charge in [-0.15, -0.1) is 0 Å². The van der Waals surface area contributed by atoms with E-state index in [2.05, 4.69) is 14.4 Å². The fourth-order valence-corrected chi connectivity index (χ4v) is 6.24. The minimum Gasteiger partial charge on any atom is -0.249 e. The summed E-state index contributed by atoms with van der Waals surface area (Å²) in [7, 11) is -8.15. The van der Waals surface area contributed by atoms with Crippen molar-refractivity contribution in [2.75, 3.05) is 13.1 Å². The van der Waals surface area contributed by atoms with E-state index in [1.165, 1.54) is 29.3 Å². The standard InChI is InChI=1S/C27H30Cl2N6O4S2/c1-18(2)25(33-41(30,38)39)16-31-27(34-40(36,37)23-14-12-22(29)13-15-23)35-17-24(19-6-4-3-5-7-19)26(32-35)20-8-10-21(28)11-9-20/h3-15,18,24-25,33H,16-17H2,1-2H3,(H,31,34)(H2,30,38,39)/t24-,25?/m1/s1. The van der Waals surface area contributed by atoms with Crippen molar-refractivity contribution in [2.45, 2.75) is 30.7 Å². The van der Waals surface area contributed by atoms with Gasteiger partial charge in [-0.25, -0.2) is 28.3 Å². The average Bonchev–Trinajstić information content (AvgIpc) is 3.36. The average molecular weight is 638 g/mol. The molecule has 2 atom stereocenters. The lowest BCUT2D eigenvalue weighted by Gasteiger charge is -2.23. The second kappa shape index (κ2) is 12.9. The van der Waals surface area contributed by atoms with Gasteiger partial charge in [-0.3, -0.25) is 0 Å². The fourth-order valence-electron chi connectivity index (χ4n) is 4.20. The van der Waals surface area contributed by atoms with Crippen LogP contribution in [0.25, 0.3) is 0 Å². The first-order valence-electron chi connectivity index (χ1n) is 12.6. The van der Waals surface area contributed by atoms with E-state index in [1.54, 1.807) is 26.0 Å². The van der Waals surface area contributed by atoms with E-state index in [0.717, 1.165) is 11.1 Å². The monoisotopic (exact) mass is 636 g/mol. The third-order valence-electron chi connectivity index (χ3n) is 6.41. The number of nitrogens with zero attached hydrogens (tertiary/aromatic N) is 3. The van der Waals surface area contributed by atoms with E-state index in [1.807, 2.05) is 42.5 Å². The number of nitrogens with two attached hydrogens (primary N) is 1. The van der Waals surface area contributed by atoms with Crippen molar-refractivity contribution < 1.29 is 16.8 Å². The molecule has 0 saturated heterocycles. The zero-order chi connectivity index (χ0) is 29.8. The highest BCUT2D eigenvalue weighted by molar-refractivity contribution is 7.90. The molecule has 41 heavy (non-hydrogen) atoms. The molecule has 1 aliphatic heterocycles. The fraction of sp³-hybridized carbons (Fsp3) is 0.259.